The first-order valence-corrected chi connectivity index (χ1v) is 6.60. The Balaban J connectivity index is 2.27. The molecule has 16 heavy (non-hydrogen) atoms. The van der Waals surface area contributed by atoms with Gasteiger partial charge in [-0.2, -0.15) is 0 Å². The van der Waals surface area contributed by atoms with Crippen molar-refractivity contribution in [3.8, 4) is 0 Å². The molecule has 1 aromatic heterocycles. The number of nitrogens with one attached hydrogen (secondary N) is 1. The van der Waals surface area contributed by atoms with Crippen molar-refractivity contribution in [1.82, 2.24) is 4.98 Å². The zero-order valence-electron chi connectivity index (χ0n) is 8.80. The molecule has 5 nitrogen and oxygen atoms in total. The summed E-state index contributed by atoms with van der Waals surface area (Å²) in [6, 6.07) is 4.99. The molecule has 0 atom stereocenters. The Morgan fingerprint density at radius 1 is 1.44 bits per heavy atom. The zero-order valence-corrected chi connectivity index (χ0v) is 9.62. The number of anilines is 1. The lowest BCUT2D eigenvalue weighted by atomic mass is 10.3. The van der Waals surface area contributed by atoms with Crippen LogP contribution in [-0.2, 0) is 10.0 Å². The predicted octanol–water partition coefficient (Wildman–Crippen LogP) is 1.98. The van der Waals surface area contributed by atoms with Crippen LogP contribution < -0.4 is 4.72 Å². The van der Waals surface area contributed by atoms with Gasteiger partial charge in [-0.1, -0.05) is 6.92 Å². The van der Waals surface area contributed by atoms with E-state index in [2.05, 4.69) is 9.71 Å². The topological polar surface area (TPSA) is 72.2 Å². The van der Waals surface area contributed by atoms with E-state index in [0.717, 1.165) is 0 Å². The first kappa shape index (κ1) is 10.9. The van der Waals surface area contributed by atoms with Crippen LogP contribution in [-0.4, -0.2) is 19.2 Å². The molecule has 0 aliphatic heterocycles. The van der Waals surface area contributed by atoms with Crippen LogP contribution in [0.3, 0.4) is 0 Å². The Kier molecular flexibility index (Phi) is 2.82. The predicted molar refractivity (Wildman–Crippen MR) is 61.7 cm³/mol. The molecule has 0 saturated heterocycles. The molecule has 1 heterocycles. The van der Waals surface area contributed by atoms with Gasteiger partial charge in [-0.05, 0) is 24.6 Å². The second-order valence-electron chi connectivity index (χ2n) is 3.46. The van der Waals surface area contributed by atoms with Crippen molar-refractivity contribution in [2.24, 2.45) is 0 Å². The van der Waals surface area contributed by atoms with E-state index in [1.165, 1.54) is 6.39 Å². The Morgan fingerprint density at radius 2 is 2.25 bits per heavy atom. The Bertz CT molecular complexity index is 589. The molecule has 6 heteroatoms. The van der Waals surface area contributed by atoms with Crippen molar-refractivity contribution < 1.29 is 12.8 Å². The van der Waals surface area contributed by atoms with Crippen LogP contribution >= 0.6 is 0 Å². The fraction of sp³-hybridized carbons (Fsp3) is 0.300. The molecule has 0 bridgehead atoms. The second-order valence-corrected chi connectivity index (χ2v) is 5.30. The first-order valence-electron chi connectivity index (χ1n) is 4.94. The molecular formula is C10H12N2O3S. The van der Waals surface area contributed by atoms with Gasteiger partial charge in [0.1, 0.15) is 5.52 Å². The third kappa shape index (κ3) is 2.33. The largest absolute Gasteiger partial charge is 0.443 e. The fourth-order valence-electron chi connectivity index (χ4n) is 1.42. The average molecular weight is 240 g/mol. The monoisotopic (exact) mass is 240 g/mol. The number of rotatable bonds is 4. The zero-order chi connectivity index (χ0) is 11.6. The molecule has 2 aromatic rings. The van der Waals surface area contributed by atoms with Gasteiger partial charge in [0.25, 0.3) is 0 Å². The molecule has 1 aromatic carbocycles. The second kappa shape index (κ2) is 4.13. The number of fused-ring (bicyclic) bond motifs is 1. The van der Waals surface area contributed by atoms with Crippen LogP contribution in [0.25, 0.3) is 11.1 Å². The molecule has 0 aliphatic carbocycles. The number of hydrogen-bond donors (Lipinski definition) is 1. The van der Waals surface area contributed by atoms with Gasteiger partial charge in [-0.15, -0.1) is 0 Å². The lowest BCUT2D eigenvalue weighted by Crippen LogP contribution is -2.15. The first-order chi connectivity index (χ1) is 7.61. The van der Waals surface area contributed by atoms with Gasteiger partial charge < -0.3 is 4.42 Å². The van der Waals surface area contributed by atoms with Crippen LogP contribution in [0.2, 0.25) is 0 Å². The molecule has 0 unspecified atom stereocenters. The maximum Gasteiger partial charge on any atom is 0.232 e. The van der Waals surface area contributed by atoms with Gasteiger partial charge in [0.05, 0.1) is 11.4 Å². The minimum absolute atomic E-state index is 0.115. The van der Waals surface area contributed by atoms with Gasteiger partial charge in [0, 0.05) is 0 Å². The van der Waals surface area contributed by atoms with Crippen LogP contribution in [0, 0.1) is 0 Å². The summed E-state index contributed by atoms with van der Waals surface area (Å²) in [6.07, 6.45) is 1.91. The smallest absolute Gasteiger partial charge is 0.232 e. The summed E-state index contributed by atoms with van der Waals surface area (Å²) >= 11 is 0. The van der Waals surface area contributed by atoms with E-state index in [4.69, 9.17) is 4.42 Å². The van der Waals surface area contributed by atoms with Crippen molar-refractivity contribution in [3.05, 3.63) is 24.6 Å². The maximum absolute atomic E-state index is 11.5. The number of aromatic nitrogens is 1. The highest BCUT2D eigenvalue weighted by Crippen LogP contribution is 2.18. The normalized spacial score (nSPS) is 11.8. The number of oxazole rings is 1. The summed E-state index contributed by atoms with van der Waals surface area (Å²) in [7, 11) is -3.24. The van der Waals surface area contributed by atoms with Gasteiger partial charge in [0.2, 0.25) is 10.0 Å². The summed E-state index contributed by atoms with van der Waals surface area (Å²) in [5, 5.41) is 0. The Hall–Kier alpha value is -1.56. The quantitative estimate of drug-likeness (QED) is 0.886. The lowest BCUT2D eigenvalue weighted by molar-refractivity contribution is 0.599. The highest BCUT2D eigenvalue weighted by atomic mass is 32.2. The van der Waals surface area contributed by atoms with Crippen molar-refractivity contribution in [2.75, 3.05) is 10.5 Å². The van der Waals surface area contributed by atoms with Crippen molar-refractivity contribution in [2.45, 2.75) is 13.3 Å². The van der Waals surface area contributed by atoms with Crippen LogP contribution in [0.15, 0.2) is 29.0 Å². The minimum Gasteiger partial charge on any atom is -0.443 e. The van der Waals surface area contributed by atoms with E-state index in [0.29, 0.717) is 23.2 Å². The summed E-state index contributed by atoms with van der Waals surface area (Å²) in [6.45, 7) is 1.82. The van der Waals surface area contributed by atoms with Gasteiger partial charge >= 0.3 is 0 Å². The van der Waals surface area contributed by atoms with Gasteiger partial charge in [-0.3, -0.25) is 4.72 Å². The number of hydrogen-bond acceptors (Lipinski definition) is 4. The van der Waals surface area contributed by atoms with E-state index in [9.17, 15) is 8.42 Å². The molecule has 0 fully saturated rings. The number of nitrogens with zero attached hydrogens (tertiary/aromatic N) is 1. The third-order valence-corrected chi connectivity index (χ3v) is 3.57. The minimum atomic E-state index is -3.24. The number of benzene rings is 1. The summed E-state index contributed by atoms with van der Waals surface area (Å²) < 4.78 is 30.6. The lowest BCUT2D eigenvalue weighted by Gasteiger charge is -2.05. The molecule has 1 N–H and O–H groups in total. The molecule has 0 spiro atoms. The van der Waals surface area contributed by atoms with E-state index in [-0.39, 0.29) is 5.75 Å². The highest BCUT2D eigenvalue weighted by molar-refractivity contribution is 7.92. The Labute approximate surface area is 93.5 Å². The van der Waals surface area contributed by atoms with Crippen molar-refractivity contribution in [3.63, 3.8) is 0 Å². The SMILES string of the molecule is CCCS(=O)(=O)Nc1ccc2ocnc2c1. The van der Waals surface area contributed by atoms with E-state index in [1.54, 1.807) is 18.2 Å². The highest BCUT2D eigenvalue weighted by Gasteiger charge is 2.09. The molecule has 0 amide bonds. The van der Waals surface area contributed by atoms with Gasteiger partial charge in [-0.25, -0.2) is 13.4 Å². The van der Waals surface area contributed by atoms with Crippen LogP contribution in [0.5, 0.6) is 0 Å². The summed E-state index contributed by atoms with van der Waals surface area (Å²) in [5.74, 6) is 0.115. The Morgan fingerprint density at radius 3 is 3.00 bits per heavy atom. The molecule has 2 rings (SSSR count). The third-order valence-electron chi connectivity index (χ3n) is 2.08. The molecule has 0 aliphatic rings. The number of sulfonamides is 1. The van der Waals surface area contributed by atoms with Crippen molar-refractivity contribution >= 4 is 26.8 Å². The van der Waals surface area contributed by atoms with Gasteiger partial charge in [0.15, 0.2) is 12.0 Å². The van der Waals surface area contributed by atoms with E-state index < -0.39 is 10.0 Å². The van der Waals surface area contributed by atoms with E-state index in [1.807, 2.05) is 6.92 Å². The molecule has 86 valence electrons. The molecular weight excluding hydrogens is 228 g/mol. The molecule has 0 radical (unpaired) electrons. The van der Waals surface area contributed by atoms with Crippen molar-refractivity contribution in [1.29, 1.82) is 0 Å². The van der Waals surface area contributed by atoms with E-state index >= 15 is 0 Å². The average Bonchev–Trinajstić information content (AvgIpc) is 2.63. The van der Waals surface area contributed by atoms with Crippen LogP contribution in [0.4, 0.5) is 5.69 Å². The summed E-state index contributed by atoms with van der Waals surface area (Å²) in [5.41, 5.74) is 1.78. The summed E-state index contributed by atoms with van der Waals surface area (Å²) in [4.78, 5) is 3.95. The van der Waals surface area contributed by atoms with Crippen LogP contribution in [0.1, 0.15) is 13.3 Å². The molecule has 0 saturated carbocycles. The maximum atomic E-state index is 11.5. The standard InChI is InChI=1S/C10H12N2O3S/c1-2-5-16(13,14)12-8-3-4-10-9(6-8)11-7-15-10/h3-4,6-7,12H,2,5H2,1H3. The fourth-order valence-corrected chi connectivity index (χ4v) is 2.55.